The number of rotatable bonds is 8. The van der Waals surface area contributed by atoms with Gasteiger partial charge in [0.25, 0.3) is 0 Å². The van der Waals surface area contributed by atoms with Gasteiger partial charge in [-0.3, -0.25) is 9.59 Å². The van der Waals surface area contributed by atoms with Gasteiger partial charge in [-0.15, -0.1) is 11.3 Å². The van der Waals surface area contributed by atoms with E-state index in [0.29, 0.717) is 18.8 Å². The highest BCUT2D eigenvalue weighted by atomic mass is 32.1. The molecule has 0 aliphatic rings. The molecule has 0 radical (unpaired) electrons. The van der Waals surface area contributed by atoms with E-state index >= 15 is 0 Å². The Morgan fingerprint density at radius 2 is 1.85 bits per heavy atom. The molecule has 6 heteroatoms. The third kappa shape index (κ3) is 5.32. The van der Waals surface area contributed by atoms with Crippen LogP contribution < -0.4 is 5.32 Å². The van der Waals surface area contributed by atoms with Crippen LogP contribution in [0.1, 0.15) is 16.2 Å². The van der Waals surface area contributed by atoms with Crippen molar-refractivity contribution in [1.29, 1.82) is 0 Å². The van der Waals surface area contributed by atoms with Gasteiger partial charge in [0.15, 0.2) is 0 Å². The molecule has 0 fully saturated rings. The highest BCUT2D eigenvalue weighted by molar-refractivity contribution is 7.09. The first kappa shape index (κ1) is 17.9. The van der Waals surface area contributed by atoms with Gasteiger partial charge in [-0.1, -0.05) is 36.4 Å². The van der Waals surface area contributed by atoms with Crippen molar-refractivity contribution in [2.24, 2.45) is 0 Å². The van der Waals surface area contributed by atoms with Gasteiger partial charge < -0.3 is 14.6 Å². The predicted molar refractivity (Wildman–Crippen MR) is 100 cm³/mol. The van der Waals surface area contributed by atoms with Crippen LogP contribution in [0.25, 0.3) is 0 Å². The van der Waals surface area contributed by atoms with Gasteiger partial charge >= 0.3 is 0 Å². The summed E-state index contributed by atoms with van der Waals surface area (Å²) in [5, 5.41) is 4.69. The second-order valence-corrected chi connectivity index (χ2v) is 6.88. The zero-order valence-corrected chi connectivity index (χ0v) is 15.1. The molecule has 3 aromatic rings. The van der Waals surface area contributed by atoms with Gasteiger partial charge in [-0.05, 0) is 29.1 Å². The molecule has 0 saturated carbocycles. The van der Waals surface area contributed by atoms with E-state index in [1.165, 1.54) is 0 Å². The summed E-state index contributed by atoms with van der Waals surface area (Å²) in [6.45, 7) is 0.835. The van der Waals surface area contributed by atoms with Crippen LogP contribution in [0.15, 0.2) is 70.7 Å². The smallest absolute Gasteiger partial charge is 0.242 e. The molecule has 0 bridgehead atoms. The van der Waals surface area contributed by atoms with E-state index in [1.807, 2.05) is 53.9 Å². The van der Waals surface area contributed by atoms with E-state index in [9.17, 15) is 9.59 Å². The van der Waals surface area contributed by atoms with Crippen molar-refractivity contribution < 1.29 is 14.0 Å². The van der Waals surface area contributed by atoms with Crippen molar-refractivity contribution in [3.63, 3.8) is 0 Å². The molecule has 2 heterocycles. The number of carbonyl (C=O) groups excluding carboxylic acids is 2. The van der Waals surface area contributed by atoms with Gasteiger partial charge in [0.2, 0.25) is 11.8 Å². The second-order valence-electron chi connectivity index (χ2n) is 5.85. The molecule has 1 aromatic carbocycles. The Morgan fingerprint density at radius 3 is 2.54 bits per heavy atom. The average Bonchev–Trinajstić information content (AvgIpc) is 3.34. The lowest BCUT2D eigenvalue weighted by Gasteiger charge is -2.21. The number of hydrogen-bond donors (Lipinski definition) is 1. The Hall–Kier alpha value is -2.86. The summed E-state index contributed by atoms with van der Waals surface area (Å²) in [4.78, 5) is 27.5. The first-order chi connectivity index (χ1) is 12.7. The molecule has 2 amide bonds. The topological polar surface area (TPSA) is 62.6 Å². The Labute approximate surface area is 156 Å². The summed E-state index contributed by atoms with van der Waals surface area (Å²) < 4.78 is 5.36. The molecule has 3 rings (SSSR count). The number of nitrogens with one attached hydrogen (secondary N) is 1. The first-order valence-corrected chi connectivity index (χ1v) is 9.22. The fourth-order valence-corrected chi connectivity index (χ4v) is 3.26. The van der Waals surface area contributed by atoms with Crippen molar-refractivity contribution in [2.75, 3.05) is 6.54 Å². The quantitative estimate of drug-likeness (QED) is 0.664. The van der Waals surface area contributed by atoms with Crippen molar-refractivity contribution in [2.45, 2.75) is 19.5 Å². The maximum atomic E-state index is 12.6. The standard InChI is InChI=1S/C20H20N2O3S/c23-19(12-16-6-2-1-3-7-16)21-13-20(24)22(14-17-8-4-10-25-17)15-18-9-5-11-26-18/h1-11H,12-15H2,(H,21,23). The van der Waals surface area contributed by atoms with Crippen LogP contribution >= 0.6 is 11.3 Å². The van der Waals surface area contributed by atoms with E-state index in [0.717, 1.165) is 10.4 Å². The lowest BCUT2D eigenvalue weighted by atomic mass is 10.1. The first-order valence-electron chi connectivity index (χ1n) is 8.34. The Balaban J connectivity index is 1.56. The minimum absolute atomic E-state index is 0.0300. The van der Waals surface area contributed by atoms with E-state index in [2.05, 4.69) is 5.32 Å². The number of hydrogen-bond acceptors (Lipinski definition) is 4. The molecule has 0 aliphatic carbocycles. The molecule has 1 N–H and O–H groups in total. The van der Waals surface area contributed by atoms with Crippen molar-refractivity contribution >= 4 is 23.2 Å². The van der Waals surface area contributed by atoms with Crippen molar-refractivity contribution in [3.05, 3.63) is 82.4 Å². The SMILES string of the molecule is O=C(Cc1ccccc1)NCC(=O)N(Cc1ccco1)Cc1cccs1. The number of nitrogens with zero attached hydrogens (tertiary/aromatic N) is 1. The molecule has 5 nitrogen and oxygen atoms in total. The molecule has 0 aliphatic heterocycles. The highest BCUT2D eigenvalue weighted by Crippen LogP contribution is 2.15. The maximum absolute atomic E-state index is 12.6. The molecule has 0 spiro atoms. The zero-order chi connectivity index (χ0) is 18.2. The summed E-state index contributed by atoms with van der Waals surface area (Å²) in [6, 6.07) is 17.0. The molecule has 0 atom stereocenters. The molecular formula is C20H20N2O3S. The zero-order valence-electron chi connectivity index (χ0n) is 14.3. The van der Waals surface area contributed by atoms with Crippen LogP contribution in [0.2, 0.25) is 0 Å². The van der Waals surface area contributed by atoms with Crippen molar-refractivity contribution in [3.8, 4) is 0 Å². The Morgan fingerprint density at radius 1 is 1.00 bits per heavy atom. The molecule has 0 unspecified atom stereocenters. The molecule has 26 heavy (non-hydrogen) atoms. The van der Waals surface area contributed by atoms with E-state index < -0.39 is 0 Å². The van der Waals surface area contributed by atoms with E-state index in [1.54, 1.807) is 28.6 Å². The lowest BCUT2D eigenvalue weighted by Crippen LogP contribution is -2.39. The number of amides is 2. The second kappa shape index (κ2) is 9.01. The maximum Gasteiger partial charge on any atom is 0.242 e. The monoisotopic (exact) mass is 368 g/mol. The van der Waals surface area contributed by atoms with Crippen LogP contribution in [0, 0.1) is 0 Å². The highest BCUT2D eigenvalue weighted by Gasteiger charge is 2.17. The Bertz CT molecular complexity index is 778. The van der Waals surface area contributed by atoms with Gasteiger partial charge in [0.05, 0.1) is 32.3 Å². The molecular weight excluding hydrogens is 348 g/mol. The minimum atomic E-state index is -0.168. The third-order valence-electron chi connectivity index (χ3n) is 3.85. The van der Waals surface area contributed by atoms with Crippen LogP contribution in [0.3, 0.4) is 0 Å². The van der Waals surface area contributed by atoms with Crippen LogP contribution in [0.4, 0.5) is 0 Å². The molecule has 0 saturated heterocycles. The van der Waals surface area contributed by atoms with E-state index in [-0.39, 0.29) is 24.8 Å². The van der Waals surface area contributed by atoms with Gasteiger partial charge in [0.1, 0.15) is 5.76 Å². The van der Waals surface area contributed by atoms with Gasteiger partial charge in [-0.25, -0.2) is 0 Å². The predicted octanol–water partition coefficient (Wildman–Crippen LogP) is 3.23. The summed E-state index contributed by atoms with van der Waals surface area (Å²) >= 11 is 1.60. The fourth-order valence-electron chi connectivity index (χ4n) is 2.54. The van der Waals surface area contributed by atoms with Gasteiger partial charge in [0, 0.05) is 4.88 Å². The van der Waals surface area contributed by atoms with Crippen LogP contribution in [-0.2, 0) is 29.1 Å². The summed E-state index contributed by atoms with van der Waals surface area (Å²) in [7, 11) is 0. The summed E-state index contributed by atoms with van der Waals surface area (Å²) in [5.41, 5.74) is 0.920. The van der Waals surface area contributed by atoms with E-state index in [4.69, 9.17) is 4.42 Å². The number of benzene rings is 1. The number of thiophene rings is 1. The normalized spacial score (nSPS) is 10.5. The van der Waals surface area contributed by atoms with Crippen LogP contribution in [-0.4, -0.2) is 23.3 Å². The fraction of sp³-hybridized carbons (Fsp3) is 0.200. The molecule has 134 valence electrons. The third-order valence-corrected chi connectivity index (χ3v) is 4.71. The summed E-state index contributed by atoms with van der Waals surface area (Å²) in [5.74, 6) is 0.403. The average molecular weight is 368 g/mol. The number of carbonyl (C=O) groups is 2. The largest absolute Gasteiger partial charge is 0.467 e. The minimum Gasteiger partial charge on any atom is -0.467 e. The van der Waals surface area contributed by atoms with Crippen LogP contribution in [0.5, 0.6) is 0 Å². The number of furan rings is 1. The molecule has 2 aromatic heterocycles. The van der Waals surface area contributed by atoms with Gasteiger partial charge in [-0.2, -0.15) is 0 Å². The van der Waals surface area contributed by atoms with Crippen molar-refractivity contribution in [1.82, 2.24) is 10.2 Å². The lowest BCUT2D eigenvalue weighted by molar-refractivity contribution is -0.134. The summed E-state index contributed by atoms with van der Waals surface area (Å²) in [6.07, 6.45) is 1.85. The Kier molecular flexibility index (Phi) is 6.22.